The van der Waals surface area contributed by atoms with Crippen LogP contribution >= 0.6 is 0 Å². The molecular weight excluding hydrogens is 394 g/mol. The van der Waals surface area contributed by atoms with Gasteiger partial charge in [-0.15, -0.1) is 0 Å². The Labute approximate surface area is 145 Å². The molecule has 0 spiro atoms. The largest absolute Gasteiger partial charge is 0.466 e. The number of halogens is 6. The predicted molar refractivity (Wildman–Crippen MR) is 76.7 cm³/mol. The van der Waals surface area contributed by atoms with Gasteiger partial charge < -0.3 is 8.92 Å². The van der Waals surface area contributed by atoms with Crippen LogP contribution in [0.4, 0.5) is 26.3 Å². The van der Waals surface area contributed by atoms with E-state index in [2.05, 4.69) is 8.92 Å². The molecule has 0 heterocycles. The van der Waals surface area contributed by atoms with Gasteiger partial charge in [0.2, 0.25) is 0 Å². The molecule has 0 saturated carbocycles. The van der Waals surface area contributed by atoms with Crippen LogP contribution in [-0.2, 0) is 32.0 Å². The standard InChI is InChI=1S/C14H14F6O5S/c1-2-24-12(21)4-3-5-26(22,23)25-11-7-9(13(15,16)17)6-10(8-11)14(18,19)20/h6-8H,2-5H2,1H3. The average Bonchev–Trinajstić information content (AvgIpc) is 2.44. The predicted octanol–water partition coefficient (Wildman–Crippen LogP) is 3.78. The van der Waals surface area contributed by atoms with E-state index in [1.807, 2.05) is 0 Å². The molecule has 0 fully saturated rings. The smallest absolute Gasteiger partial charge is 0.416 e. The summed E-state index contributed by atoms with van der Waals surface area (Å²) in [6.45, 7) is 1.61. The molecule has 1 aromatic carbocycles. The SMILES string of the molecule is CCOC(=O)CCCS(=O)(=O)Oc1cc(C(F)(F)F)cc(C(F)(F)F)c1. The van der Waals surface area contributed by atoms with E-state index >= 15 is 0 Å². The van der Waals surface area contributed by atoms with Gasteiger partial charge in [0.1, 0.15) is 5.75 Å². The van der Waals surface area contributed by atoms with Crippen molar-refractivity contribution in [2.45, 2.75) is 32.1 Å². The van der Waals surface area contributed by atoms with E-state index in [-0.39, 0.29) is 37.6 Å². The molecule has 0 saturated heterocycles. The minimum Gasteiger partial charge on any atom is -0.466 e. The van der Waals surface area contributed by atoms with Gasteiger partial charge in [-0.1, -0.05) is 0 Å². The highest BCUT2D eigenvalue weighted by atomic mass is 32.2. The monoisotopic (exact) mass is 408 g/mol. The van der Waals surface area contributed by atoms with Crippen LogP contribution in [0.2, 0.25) is 0 Å². The van der Waals surface area contributed by atoms with Crippen LogP contribution in [0.1, 0.15) is 30.9 Å². The Morgan fingerprint density at radius 1 is 1.00 bits per heavy atom. The summed E-state index contributed by atoms with van der Waals surface area (Å²) in [6.07, 6.45) is -10.8. The maximum absolute atomic E-state index is 12.7. The zero-order valence-corrected chi connectivity index (χ0v) is 14.1. The zero-order chi connectivity index (χ0) is 20.2. The van der Waals surface area contributed by atoms with Crippen LogP contribution in [0.5, 0.6) is 5.75 Å². The zero-order valence-electron chi connectivity index (χ0n) is 13.3. The molecule has 0 radical (unpaired) electrons. The summed E-state index contributed by atoms with van der Waals surface area (Å²) in [5, 5.41) is 0. The van der Waals surface area contributed by atoms with Gasteiger partial charge in [0.05, 0.1) is 23.5 Å². The number of benzene rings is 1. The van der Waals surface area contributed by atoms with E-state index < -0.39 is 51.1 Å². The van der Waals surface area contributed by atoms with Crippen molar-refractivity contribution in [3.63, 3.8) is 0 Å². The van der Waals surface area contributed by atoms with Crippen LogP contribution in [0.3, 0.4) is 0 Å². The van der Waals surface area contributed by atoms with Crippen molar-refractivity contribution >= 4 is 16.1 Å². The Bertz CT molecular complexity index is 707. The van der Waals surface area contributed by atoms with E-state index in [0.29, 0.717) is 0 Å². The highest BCUT2D eigenvalue weighted by Gasteiger charge is 2.37. The summed E-state index contributed by atoms with van der Waals surface area (Å²) in [6, 6.07) is 0.149. The minimum atomic E-state index is -5.13. The first kappa shape index (κ1) is 22.1. The van der Waals surface area contributed by atoms with Gasteiger partial charge in [-0.25, -0.2) is 0 Å². The molecular formula is C14H14F6O5S. The van der Waals surface area contributed by atoms with Crippen LogP contribution in [0.25, 0.3) is 0 Å². The summed E-state index contributed by atoms with van der Waals surface area (Å²) < 4.78 is 109. The van der Waals surface area contributed by atoms with Crippen LogP contribution in [-0.4, -0.2) is 26.7 Å². The van der Waals surface area contributed by atoms with Crippen molar-refractivity contribution in [2.24, 2.45) is 0 Å². The van der Waals surface area contributed by atoms with Gasteiger partial charge in [0.15, 0.2) is 0 Å². The summed E-state index contributed by atoms with van der Waals surface area (Å²) >= 11 is 0. The Hall–Kier alpha value is -1.98. The number of hydrogen-bond donors (Lipinski definition) is 0. The molecule has 0 unspecified atom stereocenters. The van der Waals surface area contributed by atoms with Crippen molar-refractivity contribution in [1.29, 1.82) is 0 Å². The molecule has 0 atom stereocenters. The second kappa shape index (κ2) is 8.14. The second-order valence-electron chi connectivity index (χ2n) is 5.00. The van der Waals surface area contributed by atoms with E-state index in [1.54, 1.807) is 0 Å². The van der Waals surface area contributed by atoms with Crippen LogP contribution < -0.4 is 4.18 Å². The summed E-state index contributed by atoms with van der Waals surface area (Å²) in [7, 11) is -4.51. The molecule has 148 valence electrons. The molecule has 1 rings (SSSR count). The molecule has 0 bridgehead atoms. The van der Waals surface area contributed by atoms with E-state index in [4.69, 9.17) is 0 Å². The lowest BCUT2D eigenvalue weighted by Gasteiger charge is -2.14. The molecule has 0 aromatic heterocycles. The van der Waals surface area contributed by atoms with E-state index in [1.165, 1.54) is 6.92 Å². The molecule has 1 aromatic rings. The van der Waals surface area contributed by atoms with Gasteiger partial charge in [0.25, 0.3) is 0 Å². The molecule has 26 heavy (non-hydrogen) atoms. The summed E-state index contributed by atoms with van der Waals surface area (Å²) in [5.41, 5.74) is -3.41. The summed E-state index contributed by atoms with van der Waals surface area (Å²) in [5.74, 6) is -2.60. The Morgan fingerprint density at radius 2 is 1.50 bits per heavy atom. The van der Waals surface area contributed by atoms with Crippen molar-refractivity contribution in [3.8, 4) is 5.75 Å². The van der Waals surface area contributed by atoms with Crippen LogP contribution in [0, 0.1) is 0 Å². The van der Waals surface area contributed by atoms with Crippen molar-refractivity contribution in [2.75, 3.05) is 12.4 Å². The van der Waals surface area contributed by atoms with E-state index in [9.17, 15) is 39.6 Å². The quantitative estimate of drug-likeness (QED) is 0.390. The lowest BCUT2D eigenvalue weighted by molar-refractivity contribution is -0.144. The normalized spacial score (nSPS) is 12.7. The van der Waals surface area contributed by atoms with Gasteiger partial charge in [-0.05, 0) is 31.5 Å². The third-order valence-electron chi connectivity index (χ3n) is 2.86. The molecule has 0 aliphatic carbocycles. The second-order valence-corrected chi connectivity index (χ2v) is 6.69. The first-order valence-corrected chi connectivity index (χ1v) is 8.69. The van der Waals surface area contributed by atoms with Crippen molar-refractivity contribution in [1.82, 2.24) is 0 Å². The number of carbonyl (C=O) groups is 1. The van der Waals surface area contributed by atoms with E-state index in [0.717, 1.165) is 0 Å². The lowest BCUT2D eigenvalue weighted by Crippen LogP contribution is -2.17. The highest BCUT2D eigenvalue weighted by molar-refractivity contribution is 7.87. The molecule has 0 aliphatic heterocycles. The fraction of sp³-hybridized carbons (Fsp3) is 0.500. The Morgan fingerprint density at radius 3 is 1.92 bits per heavy atom. The maximum Gasteiger partial charge on any atom is 0.416 e. The van der Waals surface area contributed by atoms with Crippen LogP contribution in [0.15, 0.2) is 18.2 Å². The molecule has 0 aliphatic rings. The Kier molecular flexibility index (Phi) is 6.91. The number of carbonyl (C=O) groups excluding carboxylic acids is 1. The number of alkyl halides is 6. The fourth-order valence-electron chi connectivity index (χ4n) is 1.79. The number of hydrogen-bond acceptors (Lipinski definition) is 5. The first-order valence-electron chi connectivity index (χ1n) is 7.12. The van der Waals surface area contributed by atoms with Crippen molar-refractivity contribution in [3.05, 3.63) is 29.3 Å². The van der Waals surface area contributed by atoms with Gasteiger partial charge >= 0.3 is 28.4 Å². The molecule has 12 heteroatoms. The third-order valence-corrected chi connectivity index (χ3v) is 4.10. The third kappa shape index (κ3) is 7.10. The summed E-state index contributed by atoms with van der Waals surface area (Å²) in [4.78, 5) is 11.1. The topological polar surface area (TPSA) is 69.7 Å². The fourth-order valence-corrected chi connectivity index (χ4v) is 2.76. The number of ether oxygens (including phenoxy) is 1. The van der Waals surface area contributed by atoms with Crippen molar-refractivity contribution < 1.29 is 48.5 Å². The Balaban J connectivity index is 2.98. The average molecular weight is 408 g/mol. The highest BCUT2D eigenvalue weighted by Crippen LogP contribution is 2.38. The molecule has 0 amide bonds. The van der Waals surface area contributed by atoms with Gasteiger partial charge in [-0.2, -0.15) is 34.8 Å². The molecule has 5 nitrogen and oxygen atoms in total. The number of esters is 1. The van der Waals surface area contributed by atoms with Gasteiger partial charge in [-0.3, -0.25) is 4.79 Å². The minimum absolute atomic E-state index is 0.0759. The van der Waals surface area contributed by atoms with Gasteiger partial charge in [0, 0.05) is 6.42 Å². The lowest BCUT2D eigenvalue weighted by atomic mass is 10.1. The maximum atomic E-state index is 12.7. The molecule has 0 N–H and O–H groups in total. The first-order chi connectivity index (χ1) is 11.7. The number of rotatable bonds is 7.